The number of esters is 1. The number of nitrogens with zero attached hydrogens (tertiary/aromatic N) is 3. The van der Waals surface area contributed by atoms with Crippen molar-refractivity contribution in [2.45, 2.75) is 13.3 Å². The third-order valence-electron chi connectivity index (χ3n) is 1.89. The quantitative estimate of drug-likeness (QED) is 0.499. The van der Waals surface area contributed by atoms with Crippen LogP contribution in [0.5, 0.6) is 0 Å². The van der Waals surface area contributed by atoms with Crippen LogP contribution in [0.2, 0.25) is 0 Å². The first-order valence-electron chi connectivity index (χ1n) is 4.89. The molecule has 0 atom stereocenters. The second-order valence-electron chi connectivity index (χ2n) is 3.05. The number of thiazole rings is 1. The van der Waals surface area contributed by atoms with E-state index in [2.05, 4.69) is 10.1 Å². The van der Waals surface area contributed by atoms with Crippen molar-refractivity contribution in [2.24, 2.45) is 0 Å². The van der Waals surface area contributed by atoms with Gasteiger partial charge in [-0.3, -0.25) is 4.79 Å². The number of hydrogen-bond acceptors (Lipinski definition) is 5. The van der Waals surface area contributed by atoms with E-state index in [-0.39, 0.29) is 43.4 Å². The van der Waals surface area contributed by atoms with Crippen LogP contribution in [0.3, 0.4) is 0 Å². The molecule has 0 aliphatic heterocycles. The molecule has 2 aromatic rings. The number of rotatable bonds is 4. The van der Waals surface area contributed by atoms with Crippen molar-refractivity contribution in [3.63, 3.8) is 0 Å². The summed E-state index contributed by atoms with van der Waals surface area (Å²) >= 11 is 1.49. The number of ether oxygens (including phenoxy) is 1. The molecule has 0 N–H and O–H groups in total. The summed E-state index contributed by atoms with van der Waals surface area (Å²) in [4.78, 5) is 15.3. The Hall–Kier alpha value is -0.690. The number of carbonyl (C=O) groups excluding carboxylic acids is 1. The first kappa shape index (κ1) is 14.4. The SMILES string of the molecule is CCOC(=O)Cc1ccn(-c2nccs2)n1.[H-].[Na+]. The largest absolute Gasteiger partial charge is 1.00 e. The molecule has 2 aromatic heterocycles. The van der Waals surface area contributed by atoms with Gasteiger partial charge in [0.1, 0.15) is 0 Å². The van der Waals surface area contributed by atoms with Gasteiger partial charge in [-0.2, -0.15) is 5.10 Å². The van der Waals surface area contributed by atoms with Gasteiger partial charge in [-0.1, -0.05) is 0 Å². The van der Waals surface area contributed by atoms with E-state index in [1.54, 1.807) is 30.1 Å². The van der Waals surface area contributed by atoms with Crippen LogP contribution in [0.25, 0.3) is 5.13 Å². The molecule has 0 saturated carbocycles. The predicted molar refractivity (Wildman–Crippen MR) is 60.7 cm³/mol. The van der Waals surface area contributed by atoms with Gasteiger partial charge < -0.3 is 6.16 Å². The van der Waals surface area contributed by atoms with Gasteiger partial charge in [0.05, 0.1) is 18.7 Å². The fourth-order valence-corrected chi connectivity index (χ4v) is 1.83. The Morgan fingerprint density at radius 3 is 3.12 bits per heavy atom. The van der Waals surface area contributed by atoms with Gasteiger partial charge in [-0.15, -0.1) is 11.3 Å². The minimum absolute atomic E-state index is 0. The molecule has 0 aliphatic carbocycles. The van der Waals surface area contributed by atoms with Crippen LogP contribution >= 0.6 is 11.3 Å². The van der Waals surface area contributed by atoms with Gasteiger partial charge >= 0.3 is 35.5 Å². The zero-order valence-corrected chi connectivity index (χ0v) is 12.6. The third kappa shape index (κ3) is 3.92. The molecular formula is C10H12N3NaO2S. The molecule has 86 valence electrons. The van der Waals surface area contributed by atoms with Crippen LogP contribution in [0.1, 0.15) is 14.0 Å². The van der Waals surface area contributed by atoms with Gasteiger partial charge in [0.2, 0.25) is 5.13 Å². The average molecular weight is 261 g/mol. The molecular weight excluding hydrogens is 249 g/mol. The molecule has 5 nitrogen and oxygen atoms in total. The van der Waals surface area contributed by atoms with Crippen LogP contribution < -0.4 is 29.6 Å². The fourth-order valence-electron chi connectivity index (χ4n) is 1.25. The maximum absolute atomic E-state index is 11.2. The monoisotopic (exact) mass is 261 g/mol. The normalized spacial score (nSPS) is 9.71. The predicted octanol–water partition coefficient (Wildman–Crippen LogP) is -1.45. The minimum atomic E-state index is -0.258. The summed E-state index contributed by atoms with van der Waals surface area (Å²) in [6, 6.07) is 1.79. The molecule has 0 spiro atoms. The van der Waals surface area contributed by atoms with Crippen molar-refractivity contribution in [1.82, 2.24) is 14.8 Å². The van der Waals surface area contributed by atoms with E-state index in [0.29, 0.717) is 12.3 Å². The van der Waals surface area contributed by atoms with Gasteiger partial charge in [0.15, 0.2) is 0 Å². The first-order valence-corrected chi connectivity index (χ1v) is 5.77. The third-order valence-corrected chi connectivity index (χ3v) is 2.65. The van der Waals surface area contributed by atoms with Crippen LogP contribution in [0, 0.1) is 0 Å². The van der Waals surface area contributed by atoms with Crippen molar-refractivity contribution in [3.8, 4) is 5.13 Å². The number of hydrogen-bond donors (Lipinski definition) is 0. The molecule has 0 aromatic carbocycles. The van der Waals surface area contributed by atoms with E-state index in [4.69, 9.17) is 4.74 Å². The summed E-state index contributed by atoms with van der Waals surface area (Å²) in [5, 5.41) is 6.90. The van der Waals surface area contributed by atoms with Crippen molar-refractivity contribution < 1.29 is 40.5 Å². The summed E-state index contributed by atoms with van der Waals surface area (Å²) in [6.45, 7) is 2.18. The molecule has 0 bridgehead atoms. The van der Waals surface area contributed by atoms with E-state index < -0.39 is 0 Å². The number of carbonyl (C=O) groups is 1. The zero-order chi connectivity index (χ0) is 11.4. The molecule has 0 saturated heterocycles. The Morgan fingerprint density at radius 2 is 2.47 bits per heavy atom. The topological polar surface area (TPSA) is 57.0 Å². The molecule has 2 heterocycles. The Labute approximate surface area is 127 Å². The van der Waals surface area contributed by atoms with E-state index >= 15 is 0 Å². The van der Waals surface area contributed by atoms with Crippen LogP contribution in [0.4, 0.5) is 0 Å². The Morgan fingerprint density at radius 1 is 1.65 bits per heavy atom. The molecule has 17 heavy (non-hydrogen) atoms. The number of aromatic nitrogens is 3. The van der Waals surface area contributed by atoms with E-state index in [1.165, 1.54) is 11.3 Å². The van der Waals surface area contributed by atoms with Crippen LogP contribution in [0.15, 0.2) is 23.8 Å². The minimum Gasteiger partial charge on any atom is -1.00 e. The molecule has 0 unspecified atom stereocenters. The second-order valence-corrected chi connectivity index (χ2v) is 3.92. The maximum Gasteiger partial charge on any atom is 1.00 e. The van der Waals surface area contributed by atoms with E-state index in [0.717, 1.165) is 5.13 Å². The standard InChI is InChI=1S/C10H11N3O2S.Na.H/c1-2-15-9(14)7-8-3-5-13(12-8)10-11-4-6-16-10;;/h3-6H,2,7H2,1H3;;/q;+1;-1. The average Bonchev–Trinajstić information content (AvgIpc) is 2.86. The van der Waals surface area contributed by atoms with Crippen molar-refractivity contribution in [1.29, 1.82) is 0 Å². The van der Waals surface area contributed by atoms with Gasteiger partial charge in [-0.05, 0) is 13.0 Å². The maximum atomic E-state index is 11.2. The fraction of sp³-hybridized carbons (Fsp3) is 0.300. The van der Waals surface area contributed by atoms with E-state index in [9.17, 15) is 4.79 Å². The van der Waals surface area contributed by atoms with Crippen molar-refractivity contribution >= 4 is 17.3 Å². The van der Waals surface area contributed by atoms with Gasteiger partial charge in [0, 0.05) is 17.8 Å². The summed E-state index contributed by atoms with van der Waals surface area (Å²) in [6.07, 6.45) is 3.70. The van der Waals surface area contributed by atoms with Crippen molar-refractivity contribution in [2.75, 3.05) is 6.61 Å². The summed E-state index contributed by atoms with van der Waals surface area (Å²) in [5.41, 5.74) is 0.689. The smallest absolute Gasteiger partial charge is 1.00 e. The van der Waals surface area contributed by atoms with Crippen LogP contribution in [-0.4, -0.2) is 27.3 Å². The Bertz CT molecular complexity index is 475. The van der Waals surface area contributed by atoms with Gasteiger partial charge in [-0.25, -0.2) is 9.67 Å². The van der Waals surface area contributed by atoms with Gasteiger partial charge in [0.25, 0.3) is 0 Å². The molecule has 7 heteroatoms. The summed E-state index contributed by atoms with van der Waals surface area (Å²) in [7, 11) is 0. The Balaban J connectivity index is 0.00000144. The molecule has 0 aliphatic rings. The zero-order valence-electron chi connectivity index (χ0n) is 10.8. The second kappa shape index (κ2) is 6.90. The molecule has 0 fully saturated rings. The summed E-state index contributed by atoms with van der Waals surface area (Å²) < 4.78 is 6.50. The van der Waals surface area contributed by atoms with Crippen LogP contribution in [-0.2, 0) is 16.0 Å². The summed E-state index contributed by atoms with van der Waals surface area (Å²) in [5.74, 6) is -0.258. The molecule has 0 amide bonds. The Kier molecular flexibility index (Phi) is 5.84. The van der Waals surface area contributed by atoms with Crippen molar-refractivity contribution in [3.05, 3.63) is 29.5 Å². The first-order chi connectivity index (χ1) is 7.79. The molecule has 0 radical (unpaired) electrons. The molecule has 2 rings (SSSR count). The van der Waals surface area contributed by atoms with E-state index in [1.807, 2.05) is 5.38 Å².